The Hall–Kier alpha value is -4.48. The molecule has 6 heterocycles. The molecule has 2 bridgehead atoms. The van der Waals surface area contributed by atoms with E-state index in [1.807, 2.05) is 31.8 Å². The number of aromatic nitrogens is 5. The molecule has 8 heteroatoms. The summed E-state index contributed by atoms with van der Waals surface area (Å²) < 4.78 is 3.56. The van der Waals surface area contributed by atoms with Gasteiger partial charge in [-0.2, -0.15) is 15.5 Å². The van der Waals surface area contributed by atoms with E-state index in [9.17, 15) is 5.26 Å². The van der Waals surface area contributed by atoms with E-state index in [0.29, 0.717) is 17.6 Å². The maximum Gasteiger partial charge on any atom is 0.128 e. The number of anilines is 1. The largest absolute Gasteiger partial charge is 0.351 e. The molecule has 5 aromatic rings. The van der Waals surface area contributed by atoms with Crippen LogP contribution in [0.5, 0.6) is 0 Å². The highest BCUT2D eigenvalue weighted by Gasteiger charge is 2.43. The van der Waals surface area contributed by atoms with Crippen molar-refractivity contribution in [1.82, 2.24) is 29.3 Å². The molecule has 0 radical (unpaired) electrons. The minimum atomic E-state index is 0.493. The number of hydrogen-bond acceptors (Lipinski definition) is 6. The number of nitrogens with zero attached hydrogens (tertiary/aromatic N) is 8. The topological polar surface area (TPSA) is 78.3 Å². The Morgan fingerprint density at radius 3 is 2.51 bits per heavy atom. The van der Waals surface area contributed by atoms with Crippen molar-refractivity contribution >= 4 is 11.3 Å². The van der Waals surface area contributed by atoms with Crippen LogP contribution < -0.4 is 4.90 Å². The Morgan fingerprint density at radius 1 is 0.919 bits per heavy atom. The van der Waals surface area contributed by atoms with E-state index in [2.05, 4.69) is 74.6 Å². The van der Waals surface area contributed by atoms with E-state index in [0.717, 1.165) is 53.2 Å². The Labute approximate surface area is 215 Å². The number of benzene rings is 1. The lowest BCUT2D eigenvalue weighted by atomic mass is 10.0. The van der Waals surface area contributed by atoms with Gasteiger partial charge < -0.3 is 4.90 Å². The van der Waals surface area contributed by atoms with E-state index < -0.39 is 0 Å². The molecule has 0 N–H and O–H groups in total. The van der Waals surface area contributed by atoms with Gasteiger partial charge >= 0.3 is 0 Å². The van der Waals surface area contributed by atoms with Crippen molar-refractivity contribution in [2.24, 2.45) is 7.05 Å². The highest BCUT2D eigenvalue weighted by atomic mass is 15.4. The molecule has 182 valence electrons. The van der Waals surface area contributed by atoms with Crippen LogP contribution in [-0.4, -0.2) is 54.5 Å². The van der Waals surface area contributed by atoms with E-state index >= 15 is 0 Å². The Kier molecular flexibility index (Phi) is 5.05. The lowest BCUT2D eigenvalue weighted by Gasteiger charge is -2.35. The fraction of sp³-hybridized carbons (Fsp3) is 0.241. The van der Waals surface area contributed by atoms with Gasteiger partial charge in [0.15, 0.2) is 0 Å². The van der Waals surface area contributed by atoms with Crippen LogP contribution in [0.25, 0.3) is 27.8 Å². The lowest BCUT2D eigenvalue weighted by molar-refractivity contribution is 0.230. The Balaban J connectivity index is 1.17. The van der Waals surface area contributed by atoms with Crippen molar-refractivity contribution in [2.45, 2.75) is 25.0 Å². The molecule has 2 fully saturated rings. The van der Waals surface area contributed by atoms with Crippen LogP contribution in [0.4, 0.5) is 5.82 Å². The second-order valence-corrected chi connectivity index (χ2v) is 10.0. The van der Waals surface area contributed by atoms with Gasteiger partial charge in [-0.3, -0.25) is 9.58 Å². The molecule has 1 aromatic carbocycles. The molecule has 0 saturated carbocycles. The summed E-state index contributed by atoms with van der Waals surface area (Å²) in [6.07, 6.45) is 10.5. The zero-order valence-electron chi connectivity index (χ0n) is 20.6. The van der Waals surface area contributed by atoms with E-state index in [1.54, 1.807) is 15.4 Å². The minimum absolute atomic E-state index is 0.493. The second kappa shape index (κ2) is 8.57. The zero-order chi connectivity index (χ0) is 24.9. The minimum Gasteiger partial charge on any atom is -0.351 e. The summed E-state index contributed by atoms with van der Waals surface area (Å²) in [4.78, 5) is 9.96. The van der Waals surface area contributed by atoms with Gasteiger partial charge in [0.1, 0.15) is 11.9 Å². The molecule has 0 amide bonds. The third kappa shape index (κ3) is 3.76. The van der Waals surface area contributed by atoms with Crippen LogP contribution in [0.1, 0.15) is 17.5 Å². The molecule has 4 aromatic heterocycles. The molecule has 8 nitrogen and oxygen atoms in total. The molecule has 37 heavy (non-hydrogen) atoms. The predicted molar refractivity (Wildman–Crippen MR) is 142 cm³/mol. The van der Waals surface area contributed by atoms with Crippen molar-refractivity contribution < 1.29 is 0 Å². The van der Waals surface area contributed by atoms with Crippen molar-refractivity contribution in [3.63, 3.8) is 0 Å². The molecule has 2 atom stereocenters. The summed E-state index contributed by atoms with van der Waals surface area (Å²) in [5, 5.41) is 18.5. The van der Waals surface area contributed by atoms with Crippen molar-refractivity contribution in [1.29, 1.82) is 5.26 Å². The number of pyridine rings is 2. The third-order valence-electron chi connectivity index (χ3n) is 7.71. The van der Waals surface area contributed by atoms with Crippen molar-refractivity contribution in [3.8, 4) is 28.3 Å². The van der Waals surface area contributed by atoms with Gasteiger partial charge in [0, 0.05) is 79.6 Å². The van der Waals surface area contributed by atoms with Gasteiger partial charge in [-0.25, -0.2) is 9.50 Å². The average molecular weight is 487 g/mol. The van der Waals surface area contributed by atoms with Crippen LogP contribution in [0.15, 0.2) is 79.5 Å². The standard InChI is InChI=1S/C29H26N8/c1-34-16-24(14-32-34)22-9-27(29-23(11-30)13-33-37(29)17-22)21-7-8-28(31-12-21)36-19-25-10-26(36)18-35(25)15-20-5-3-2-4-6-20/h2-9,12-14,16-17,25-26H,10,15,18-19H2,1H3/t25-,26?/m0/s1. The van der Waals surface area contributed by atoms with Crippen LogP contribution in [-0.2, 0) is 13.6 Å². The quantitative estimate of drug-likeness (QED) is 0.372. The summed E-state index contributed by atoms with van der Waals surface area (Å²) in [6, 6.07) is 20.4. The number of rotatable bonds is 5. The first-order valence-electron chi connectivity index (χ1n) is 12.6. The number of nitriles is 1. The summed E-state index contributed by atoms with van der Waals surface area (Å²) in [5.41, 5.74) is 6.60. The van der Waals surface area contributed by atoms with Crippen LogP contribution in [0.2, 0.25) is 0 Å². The van der Waals surface area contributed by atoms with E-state index in [4.69, 9.17) is 4.98 Å². The summed E-state index contributed by atoms with van der Waals surface area (Å²) in [6.45, 7) is 3.09. The molecule has 0 spiro atoms. The first-order chi connectivity index (χ1) is 18.2. The second-order valence-electron chi connectivity index (χ2n) is 10.0. The number of aryl methyl sites for hydroxylation is 1. The van der Waals surface area contributed by atoms with Gasteiger partial charge in [-0.1, -0.05) is 30.3 Å². The van der Waals surface area contributed by atoms with Gasteiger partial charge in [0.05, 0.1) is 23.5 Å². The molecular formula is C29H26N8. The highest BCUT2D eigenvalue weighted by Crippen LogP contribution is 2.36. The van der Waals surface area contributed by atoms with Crippen LogP contribution >= 0.6 is 0 Å². The first kappa shape index (κ1) is 21.8. The maximum atomic E-state index is 9.71. The van der Waals surface area contributed by atoms with Gasteiger partial charge in [-0.05, 0) is 30.2 Å². The van der Waals surface area contributed by atoms with Crippen molar-refractivity contribution in [3.05, 3.63) is 90.6 Å². The monoisotopic (exact) mass is 486 g/mol. The van der Waals surface area contributed by atoms with Crippen molar-refractivity contribution in [2.75, 3.05) is 18.0 Å². The number of hydrogen-bond donors (Lipinski definition) is 0. The van der Waals surface area contributed by atoms with E-state index in [1.165, 1.54) is 12.0 Å². The normalized spacial score (nSPS) is 19.1. The van der Waals surface area contributed by atoms with Gasteiger partial charge in [0.25, 0.3) is 0 Å². The maximum absolute atomic E-state index is 9.71. The Bertz CT molecular complexity index is 1630. The molecule has 1 unspecified atom stereocenters. The molecule has 2 aliphatic heterocycles. The summed E-state index contributed by atoms with van der Waals surface area (Å²) in [5.74, 6) is 1.02. The fourth-order valence-corrected chi connectivity index (χ4v) is 5.91. The first-order valence-corrected chi connectivity index (χ1v) is 12.6. The Morgan fingerprint density at radius 2 is 1.81 bits per heavy atom. The van der Waals surface area contributed by atoms with Crippen LogP contribution in [0.3, 0.4) is 0 Å². The molecule has 2 saturated heterocycles. The molecule has 7 rings (SSSR count). The molecule has 2 aliphatic rings. The van der Waals surface area contributed by atoms with Gasteiger partial charge in [0.2, 0.25) is 0 Å². The number of piperazine rings is 1. The number of likely N-dealkylation sites (tertiary alicyclic amines) is 1. The molecule has 0 aliphatic carbocycles. The SMILES string of the molecule is Cn1cc(-c2cc(-c3ccc(N4C[C@@H]5CC4CN5Cc4ccccc4)nc3)c3c(C#N)cnn3c2)cn1. The smallest absolute Gasteiger partial charge is 0.128 e. The third-order valence-corrected chi connectivity index (χ3v) is 7.71. The zero-order valence-corrected chi connectivity index (χ0v) is 20.6. The fourth-order valence-electron chi connectivity index (χ4n) is 5.91. The summed E-state index contributed by atoms with van der Waals surface area (Å²) >= 11 is 0. The highest BCUT2D eigenvalue weighted by molar-refractivity contribution is 5.87. The lowest BCUT2D eigenvalue weighted by Crippen LogP contribution is -2.46. The van der Waals surface area contributed by atoms with Crippen LogP contribution in [0, 0.1) is 11.3 Å². The predicted octanol–water partition coefficient (Wildman–Crippen LogP) is 4.13. The number of fused-ring (bicyclic) bond motifs is 3. The summed E-state index contributed by atoms with van der Waals surface area (Å²) in [7, 11) is 1.90. The van der Waals surface area contributed by atoms with E-state index in [-0.39, 0.29) is 0 Å². The average Bonchev–Trinajstić information content (AvgIpc) is 3.72. The molecular weight excluding hydrogens is 460 g/mol. The van der Waals surface area contributed by atoms with Gasteiger partial charge in [-0.15, -0.1) is 0 Å².